The Hall–Kier alpha value is -0.210. The summed E-state index contributed by atoms with van der Waals surface area (Å²) in [5.74, 6) is 0. The van der Waals surface area contributed by atoms with Crippen molar-refractivity contribution in [2.45, 2.75) is 52.2 Å². The summed E-state index contributed by atoms with van der Waals surface area (Å²) in [5.41, 5.74) is 0. The number of piperidine rings is 1. The van der Waals surface area contributed by atoms with E-state index in [2.05, 4.69) is 19.2 Å². The molecule has 0 amide bonds. The van der Waals surface area contributed by atoms with Crippen LogP contribution >= 0.6 is 0 Å². The lowest BCUT2D eigenvalue weighted by atomic mass is 10.1. The zero-order chi connectivity index (χ0) is 15.9. The molecule has 0 radical (unpaired) electrons. The van der Waals surface area contributed by atoms with Gasteiger partial charge in [-0.3, -0.25) is 0 Å². The van der Waals surface area contributed by atoms with Gasteiger partial charge in [0.2, 0.25) is 0 Å². The lowest BCUT2D eigenvalue weighted by Crippen LogP contribution is -2.49. The summed E-state index contributed by atoms with van der Waals surface area (Å²) in [6, 6.07) is 0.431. The number of nitrogens with one attached hydrogen (secondary N) is 1. The van der Waals surface area contributed by atoms with E-state index >= 15 is 0 Å². The second-order valence-corrected chi connectivity index (χ2v) is 7.90. The topological polar surface area (TPSA) is 61.9 Å². The Morgan fingerprint density at radius 2 is 2.14 bits per heavy atom. The monoisotopic (exact) mass is 321 g/mol. The maximum absolute atomic E-state index is 12.5. The van der Waals surface area contributed by atoms with Crippen molar-refractivity contribution in [2.24, 2.45) is 0 Å². The highest BCUT2D eigenvalue weighted by Gasteiger charge is 2.31. The zero-order valence-electron chi connectivity index (χ0n) is 13.8. The van der Waals surface area contributed by atoms with Gasteiger partial charge in [-0.1, -0.05) is 13.8 Å². The second kappa shape index (κ2) is 9.05. The smallest absolute Gasteiger partial charge is 0.281 e. The first-order valence-corrected chi connectivity index (χ1v) is 9.34. The van der Waals surface area contributed by atoms with Gasteiger partial charge < -0.3 is 10.1 Å². The lowest BCUT2D eigenvalue weighted by molar-refractivity contribution is 0.0253. The molecule has 1 fully saturated rings. The molecule has 7 heteroatoms. The minimum Gasteiger partial charge on any atom is -0.377 e. The minimum atomic E-state index is -3.36. The molecular formula is C14H31N3O3S. The van der Waals surface area contributed by atoms with Crippen molar-refractivity contribution in [1.82, 2.24) is 13.9 Å². The number of nitrogens with zero attached hydrogens (tertiary/aromatic N) is 2. The first-order chi connectivity index (χ1) is 9.87. The van der Waals surface area contributed by atoms with Crippen LogP contribution in [0.25, 0.3) is 0 Å². The van der Waals surface area contributed by atoms with Gasteiger partial charge in [0.25, 0.3) is 10.2 Å². The van der Waals surface area contributed by atoms with Gasteiger partial charge >= 0.3 is 0 Å². The molecule has 21 heavy (non-hydrogen) atoms. The van der Waals surface area contributed by atoms with Gasteiger partial charge in [-0.25, -0.2) is 0 Å². The normalized spacial score (nSPS) is 21.3. The second-order valence-electron chi connectivity index (χ2n) is 5.87. The summed E-state index contributed by atoms with van der Waals surface area (Å²) in [6.07, 6.45) is 2.67. The van der Waals surface area contributed by atoms with Crippen molar-refractivity contribution in [3.8, 4) is 0 Å². The van der Waals surface area contributed by atoms with Crippen LogP contribution in [0.15, 0.2) is 0 Å². The highest BCUT2D eigenvalue weighted by molar-refractivity contribution is 7.86. The Morgan fingerprint density at radius 3 is 2.76 bits per heavy atom. The third kappa shape index (κ3) is 6.20. The standard InChI is InChI=1S/C14H31N3O3S/c1-5-20-14-8-6-11-17(12-14)21(18,19)16(4)10-7-9-15-13(2)3/h13-15H,5-12H2,1-4H3. The van der Waals surface area contributed by atoms with Gasteiger partial charge in [-0.2, -0.15) is 17.0 Å². The van der Waals surface area contributed by atoms with E-state index < -0.39 is 10.2 Å². The quantitative estimate of drug-likeness (QED) is 0.645. The van der Waals surface area contributed by atoms with E-state index in [4.69, 9.17) is 4.74 Å². The van der Waals surface area contributed by atoms with Crippen LogP contribution < -0.4 is 5.32 Å². The molecule has 0 saturated carbocycles. The molecule has 1 aliphatic heterocycles. The first-order valence-electron chi connectivity index (χ1n) is 7.94. The number of hydrogen-bond acceptors (Lipinski definition) is 4. The Kier molecular flexibility index (Phi) is 8.12. The van der Waals surface area contributed by atoms with Crippen LogP contribution in [0.3, 0.4) is 0 Å². The van der Waals surface area contributed by atoms with Gasteiger partial charge in [-0.15, -0.1) is 0 Å². The average molecular weight is 321 g/mol. The summed E-state index contributed by atoms with van der Waals surface area (Å²) in [5, 5.41) is 3.30. The zero-order valence-corrected chi connectivity index (χ0v) is 14.7. The fourth-order valence-electron chi connectivity index (χ4n) is 2.49. The molecule has 0 spiro atoms. The molecule has 1 saturated heterocycles. The maximum Gasteiger partial charge on any atom is 0.281 e. The fourth-order valence-corrected chi connectivity index (χ4v) is 3.96. The van der Waals surface area contributed by atoms with Crippen LogP contribution in [0.5, 0.6) is 0 Å². The van der Waals surface area contributed by atoms with E-state index in [-0.39, 0.29) is 6.10 Å². The van der Waals surface area contributed by atoms with Crippen LogP contribution in [0.1, 0.15) is 40.0 Å². The van der Waals surface area contributed by atoms with Crippen LogP contribution in [0.4, 0.5) is 0 Å². The third-order valence-corrected chi connectivity index (χ3v) is 5.62. The molecule has 0 bridgehead atoms. The summed E-state index contributed by atoms with van der Waals surface area (Å²) in [6.45, 7) is 9.20. The largest absolute Gasteiger partial charge is 0.377 e. The molecule has 0 aliphatic carbocycles. The summed E-state index contributed by atoms with van der Waals surface area (Å²) >= 11 is 0. The molecule has 0 aromatic heterocycles. The van der Waals surface area contributed by atoms with Crippen LogP contribution in [-0.2, 0) is 14.9 Å². The van der Waals surface area contributed by atoms with Crippen molar-refractivity contribution in [2.75, 3.05) is 39.8 Å². The van der Waals surface area contributed by atoms with Crippen LogP contribution in [0, 0.1) is 0 Å². The lowest BCUT2D eigenvalue weighted by Gasteiger charge is -2.34. The fraction of sp³-hybridized carbons (Fsp3) is 1.00. The molecule has 1 atom stereocenters. The van der Waals surface area contributed by atoms with Gasteiger partial charge in [0, 0.05) is 39.3 Å². The van der Waals surface area contributed by atoms with Gasteiger partial charge in [0.1, 0.15) is 0 Å². The Labute approximate surface area is 130 Å². The van der Waals surface area contributed by atoms with Gasteiger partial charge in [0.05, 0.1) is 6.10 Å². The molecule has 1 unspecified atom stereocenters. The molecule has 1 N–H and O–H groups in total. The van der Waals surface area contributed by atoms with Gasteiger partial charge in [0.15, 0.2) is 0 Å². The highest BCUT2D eigenvalue weighted by atomic mass is 32.2. The van der Waals surface area contributed by atoms with Crippen LogP contribution in [-0.4, -0.2) is 69.0 Å². The molecule has 6 nitrogen and oxygen atoms in total. The molecular weight excluding hydrogens is 290 g/mol. The average Bonchev–Trinajstić information content (AvgIpc) is 2.43. The Morgan fingerprint density at radius 1 is 1.43 bits per heavy atom. The van der Waals surface area contributed by atoms with Crippen molar-refractivity contribution >= 4 is 10.2 Å². The van der Waals surface area contributed by atoms with E-state index in [1.807, 2.05) is 6.92 Å². The number of ether oxygens (including phenoxy) is 1. The van der Waals surface area contributed by atoms with Crippen molar-refractivity contribution in [3.63, 3.8) is 0 Å². The number of hydrogen-bond donors (Lipinski definition) is 1. The molecule has 1 rings (SSSR count). The summed E-state index contributed by atoms with van der Waals surface area (Å²) in [7, 11) is -1.69. The molecule has 126 valence electrons. The van der Waals surface area contributed by atoms with E-state index in [1.54, 1.807) is 11.4 Å². The maximum atomic E-state index is 12.5. The van der Waals surface area contributed by atoms with Crippen molar-refractivity contribution in [3.05, 3.63) is 0 Å². The van der Waals surface area contributed by atoms with Crippen molar-refractivity contribution in [1.29, 1.82) is 0 Å². The van der Waals surface area contributed by atoms with E-state index in [9.17, 15) is 8.42 Å². The molecule has 1 heterocycles. The van der Waals surface area contributed by atoms with Crippen molar-refractivity contribution < 1.29 is 13.2 Å². The highest BCUT2D eigenvalue weighted by Crippen LogP contribution is 2.18. The van der Waals surface area contributed by atoms with E-state index in [1.165, 1.54) is 4.31 Å². The molecule has 0 aromatic carbocycles. The Balaban J connectivity index is 2.46. The van der Waals surface area contributed by atoms with E-state index in [0.717, 1.165) is 25.8 Å². The molecule has 0 aromatic rings. The van der Waals surface area contributed by atoms with Crippen LogP contribution in [0.2, 0.25) is 0 Å². The first kappa shape index (κ1) is 18.8. The predicted molar refractivity (Wildman–Crippen MR) is 85.5 cm³/mol. The molecule has 1 aliphatic rings. The Bertz CT molecular complexity index is 385. The SMILES string of the molecule is CCOC1CCCN(S(=O)(=O)N(C)CCCNC(C)C)C1. The third-order valence-electron chi connectivity index (χ3n) is 3.67. The summed E-state index contributed by atoms with van der Waals surface area (Å²) in [4.78, 5) is 0. The number of rotatable bonds is 9. The van der Waals surface area contributed by atoms with Gasteiger partial charge in [-0.05, 0) is 32.7 Å². The summed E-state index contributed by atoms with van der Waals surface area (Å²) < 4.78 is 33.7. The van der Waals surface area contributed by atoms with E-state index in [0.29, 0.717) is 32.3 Å². The predicted octanol–water partition coefficient (Wildman–Crippen LogP) is 1.05. The minimum absolute atomic E-state index is 0.0366.